The van der Waals surface area contributed by atoms with Crippen molar-refractivity contribution in [2.24, 2.45) is 0 Å². The van der Waals surface area contributed by atoms with E-state index in [0.29, 0.717) is 12.2 Å². The molecular weight excluding hydrogens is 358 g/mol. The molecule has 0 spiro atoms. The summed E-state index contributed by atoms with van der Waals surface area (Å²) in [6, 6.07) is 6.29. The Kier molecular flexibility index (Phi) is 3.32. The first kappa shape index (κ1) is 12.4. The van der Waals surface area contributed by atoms with Gasteiger partial charge in [0.2, 0.25) is 0 Å². The van der Waals surface area contributed by atoms with Crippen LogP contribution in [0.2, 0.25) is 0 Å². The van der Waals surface area contributed by atoms with Gasteiger partial charge in [0.1, 0.15) is 0 Å². The summed E-state index contributed by atoms with van der Waals surface area (Å²) in [4.78, 5) is 12.2. The Morgan fingerprint density at radius 1 is 1.28 bits per heavy atom. The van der Waals surface area contributed by atoms with E-state index in [4.69, 9.17) is 0 Å². The molecule has 0 aliphatic heterocycles. The number of alkyl halides is 1. The number of fused-ring (bicyclic) bond motifs is 3. The largest absolute Gasteiger partial charge is 0.337 e. The van der Waals surface area contributed by atoms with E-state index in [1.54, 1.807) is 0 Å². The first-order chi connectivity index (χ1) is 8.72. The molecule has 0 amide bonds. The van der Waals surface area contributed by atoms with Crippen LogP contribution < -0.4 is 0 Å². The van der Waals surface area contributed by atoms with Crippen LogP contribution >= 0.6 is 31.9 Å². The molecule has 1 aromatic heterocycles. The molecule has 4 heteroatoms. The van der Waals surface area contributed by atoms with Crippen molar-refractivity contribution in [3.05, 3.63) is 33.9 Å². The maximum Gasteiger partial charge on any atom is 0.179 e. The van der Waals surface area contributed by atoms with Crippen LogP contribution in [0, 0.1) is 0 Å². The summed E-state index contributed by atoms with van der Waals surface area (Å²) in [5.74, 6) is 0.296. The average Bonchev–Trinajstić information content (AvgIpc) is 2.66. The summed E-state index contributed by atoms with van der Waals surface area (Å²) < 4.78 is 3.25. The van der Waals surface area contributed by atoms with Gasteiger partial charge in [-0.2, -0.15) is 0 Å². The SMILES string of the molecule is O=C1CCCc2c1n(CCBr)c1ccc(Br)cc21. The normalized spacial score (nSPS) is 15.1. The van der Waals surface area contributed by atoms with Gasteiger partial charge in [-0.1, -0.05) is 31.9 Å². The van der Waals surface area contributed by atoms with Crippen molar-refractivity contribution in [1.29, 1.82) is 0 Å². The van der Waals surface area contributed by atoms with Crippen molar-refractivity contribution >= 4 is 48.5 Å². The third-order valence-electron chi connectivity index (χ3n) is 3.53. The molecule has 94 valence electrons. The van der Waals surface area contributed by atoms with Gasteiger partial charge in [0.05, 0.1) is 5.69 Å². The minimum absolute atomic E-state index is 0.296. The molecule has 0 saturated carbocycles. The van der Waals surface area contributed by atoms with Crippen LogP contribution in [0.25, 0.3) is 10.9 Å². The predicted molar refractivity (Wildman–Crippen MR) is 80.7 cm³/mol. The molecule has 0 bridgehead atoms. The minimum atomic E-state index is 0.296. The summed E-state index contributed by atoms with van der Waals surface area (Å²) in [5.41, 5.74) is 3.36. The second kappa shape index (κ2) is 4.82. The van der Waals surface area contributed by atoms with Gasteiger partial charge >= 0.3 is 0 Å². The number of nitrogens with zero attached hydrogens (tertiary/aromatic N) is 1. The monoisotopic (exact) mass is 369 g/mol. The van der Waals surface area contributed by atoms with Gasteiger partial charge < -0.3 is 4.57 Å². The number of hydrogen-bond acceptors (Lipinski definition) is 1. The van der Waals surface area contributed by atoms with E-state index in [1.165, 1.54) is 16.5 Å². The number of aromatic nitrogens is 1. The predicted octanol–water partition coefficient (Wildman–Crippen LogP) is 4.32. The molecule has 3 rings (SSSR count). The highest BCUT2D eigenvalue weighted by Gasteiger charge is 2.25. The number of Topliss-reactive ketones (excluding diaryl/α,β-unsaturated/α-hetero) is 1. The van der Waals surface area contributed by atoms with Crippen LogP contribution in [0.4, 0.5) is 0 Å². The quantitative estimate of drug-likeness (QED) is 0.721. The number of hydrogen-bond donors (Lipinski definition) is 0. The summed E-state index contributed by atoms with van der Waals surface area (Å²) in [6.07, 6.45) is 2.68. The Labute approximate surface area is 123 Å². The molecule has 1 aliphatic carbocycles. The minimum Gasteiger partial charge on any atom is -0.337 e. The van der Waals surface area contributed by atoms with Crippen LogP contribution in [0.1, 0.15) is 28.9 Å². The zero-order valence-electron chi connectivity index (χ0n) is 9.88. The summed E-state index contributed by atoms with van der Waals surface area (Å²) in [6.45, 7) is 0.846. The fourth-order valence-electron chi connectivity index (χ4n) is 2.83. The van der Waals surface area contributed by atoms with Gasteiger partial charge in [0.15, 0.2) is 5.78 Å². The van der Waals surface area contributed by atoms with Crippen molar-refractivity contribution in [3.63, 3.8) is 0 Å². The molecule has 0 saturated heterocycles. The lowest BCUT2D eigenvalue weighted by Crippen LogP contribution is -2.15. The van der Waals surface area contributed by atoms with E-state index in [-0.39, 0.29) is 0 Å². The third-order valence-corrected chi connectivity index (χ3v) is 4.38. The Balaban J connectivity index is 2.35. The summed E-state index contributed by atoms with van der Waals surface area (Å²) >= 11 is 7.00. The third kappa shape index (κ3) is 1.86. The topological polar surface area (TPSA) is 22.0 Å². The highest BCUT2D eigenvalue weighted by atomic mass is 79.9. The van der Waals surface area contributed by atoms with E-state index in [1.807, 2.05) is 6.07 Å². The zero-order chi connectivity index (χ0) is 12.7. The number of rotatable bonds is 2. The van der Waals surface area contributed by atoms with Crippen molar-refractivity contribution in [2.45, 2.75) is 25.8 Å². The Morgan fingerprint density at radius 2 is 2.11 bits per heavy atom. The van der Waals surface area contributed by atoms with Crippen molar-refractivity contribution < 1.29 is 4.79 Å². The Morgan fingerprint density at radius 3 is 2.89 bits per heavy atom. The number of ketones is 1. The van der Waals surface area contributed by atoms with E-state index in [2.05, 4.69) is 48.6 Å². The lowest BCUT2D eigenvalue weighted by molar-refractivity contribution is 0.0964. The van der Waals surface area contributed by atoms with Crippen LogP contribution in [0.5, 0.6) is 0 Å². The molecule has 2 aromatic rings. The molecular formula is C14H13Br2NO. The number of benzene rings is 1. The summed E-state index contributed by atoms with van der Waals surface area (Å²) in [7, 11) is 0. The lowest BCUT2D eigenvalue weighted by Gasteiger charge is -2.14. The van der Waals surface area contributed by atoms with Crippen LogP contribution in [-0.4, -0.2) is 15.7 Å². The second-order valence-corrected chi connectivity index (χ2v) is 6.31. The molecule has 1 aromatic carbocycles. The number of carbonyl (C=O) groups is 1. The highest BCUT2D eigenvalue weighted by molar-refractivity contribution is 9.10. The standard InChI is InChI=1S/C14H13Br2NO/c15-6-7-17-12-5-4-9(16)8-11(12)10-2-1-3-13(18)14(10)17/h4-5,8H,1-3,6-7H2. The Bertz CT molecular complexity index is 630. The van der Waals surface area contributed by atoms with Gasteiger partial charge in [-0.15, -0.1) is 0 Å². The molecule has 1 heterocycles. The number of carbonyl (C=O) groups excluding carboxylic acids is 1. The van der Waals surface area contributed by atoms with Crippen LogP contribution in [-0.2, 0) is 13.0 Å². The zero-order valence-corrected chi connectivity index (χ0v) is 13.1. The van der Waals surface area contributed by atoms with Crippen molar-refractivity contribution in [1.82, 2.24) is 4.57 Å². The second-order valence-electron chi connectivity index (χ2n) is 4.61. The van der Waals surface area contributed by atoms with Gasteiger partial charge in [0.25, 0.3) is 0 Å². The van der Waals surface area contributed by atoms with E-state index in [0.717, 1.165) is 34.9 Å². The van der Waals surface area contributed by atoms with E-state index in [9.17, 15) is 4.79 Å². The van der Waals surface area contributed by atoms with Gasteiger partial charge in [0, 0.05) is 33.7 Å². The first-order valence-corrected chi connectivity index (χ1v) is 8.03. The van der Waals surface area contributed by atoms with Crippen molar-refractivity contribution in [3.8, 4) is 0 Å². The lowest BCUT2D eigenvalue weighted by atomic mass is 9.94. The van der Waals surface area contributed by atoms with Gasteiger partial charge in [-0.05, 0) is 36.6 Å². The van der Waals surface area contributed by atoms with E-state index < -0.39 is 0 Å². The van der Waals surface area contributed by atoms with E-state index >= 15 is 0 Å². The van der Waals surface area contributed by atoms with Gasteiger partial charge in [-0.25, -0.2) is 0 Å². The molecule has 0 N–H and O–H groups in total. The molecule has 1 aliphatic rings. The summed E-state index contributed by atoms with van der Waals surface area (Å²) in [5, 5.41) is 2.10. The highest BCUT2D eigenvalue weighted by Crippen LogP contribution is 2.33. The number of halogens is 2. The van der Waals surface area contributed by atoms with Gasteiger partial charge in [-0.3, -0.25) is 4.79 Å². The molecule has 0 atom stereocenters. The van der Waals surface area contributed by atoms with Crippen LogP contribution in [0.15, 0.2) is 22.7 Å². The first-order valence-electron chi connectivity index (χ1n) is 6.12. The molecule has 2 nitrogen and oxygen atoms in total. The smallest absolute Gasteiger partial charge is 0.179 e. The fraction of sp³-hybridized carbons (Fsp3) is 0.357. The molecule has 0 fully saturated rings. The van der Waals surface area contributed by atoms with Crippen LogP contribution in [0.3, 0.4) is 0 Å². The molecule has 0 radical (unpaired) electrons. The molecule has 0 unspecified atom stereocenters. The number of aryl methyl sites for hydroxylation is 2. The average molecular weight is 371 g/mol. The molecule has 18 heavy (non-hydrogen) atoms. The maximum absolute atomic E-state index is 12.2. The van der Waals surface area contributed by atoms with Crippen molar-refractivity contribution in [2.75, 3.05) is 5.33 Å². The maximum atomic E-state index is 12.2. The Hall–Kier alpha value is -0.610. The fourth-order valence-corrected chi connectivity index (χ4v) is 3.54.